The number of fused-ring (bicyclic) bond motifs is 2. The number of halogens is 1. The van der Waals surface area contributed by atoms with Crippen LogP contribution < -0.4 is 5.73 Å². The number of imidazole rings is 1. The summed E-state index contributed by atoms with van der Waals surface area (Å²) in [5, 5.41) is 21.8. The van der Waals surface area contributed by atoms with Gasteiger partial charge in [0, 0.05) is 5.41 Å². The number of anilines is 1. The highest BCUT2D eigenvalue weighted by atomic mass is 35.5. The van der Waals surface area contributed by atoms with Crippen molar-refractivity contribution in [1.82, 2.24) is 19.5 Å². The van der Waals surface area contributed by atoms with E-state index in [2.05, 4.69) is 15.0 Å². The molecule has 0 radical (unpaired) electrons. The highest BCUT2D eigenvalue weighted by Crippen LogP contribution is 2.71. The molecule has 2 saturated carbocycles. The molecule has 2 aliphatic rings. The highest BCUT2D eigenvalue weighted by molar-refractivity contribution is 7.53. The number of nitrogen functional groups attached to an aromatic ring is 1. The first-order valence-electron chi connectivity index (χ1n) is 10.4. The molecule has 4 rings (SSSR count). The van der Waals surface area contributed by atoms with Crippen LogP contribution in [-0.4, -0.2) is 60.3 Å². The van der Waals surface area contributed by atoms with Crippen molar-refractivity contribution in [3.05, 3.63) is 11.6 Å². The summed E-state index contributed by atoms with van der Waals surface area (Å²) in [7, 11) is -3.34. The van der Waals surface area contributed by atoms with Crippen molar-refractivity contribution < 1.29 is 23.8 Å². The van der Waals surface area contributed by atoms with Crippen LogP contribution in [0.25, 0.3) is 11.2 Å². The number of hydrogen-bond acceptors (Lipinski definition) is 9. The van der Waals surface area contributed by atoms with Gasteiger partial charge in [0.1, 0.15) is 11.6 Å². The van der Waals surface area contributed by atoms with Crippen LogP contribution in [0.2, 0.25) is 5.28 Å². The van der Waals surface area contributed by atoms with Crippen LogP contribution in [-0.2, 0) is 13.6 Å². The van der Waals surface area contributed by atoms with Gasteiger partial charge >= 0.3 is 7.60 Å². The average Bonchev–Trinajstić information content (AvgIpc) is 3.15. The van der Waals surface area contributed by atoms with E-state index in [1.54, 1.807) is 4.57 Å². The van der Waals surface area contributed by atoms with E-state index in [0.29, 0.717) is 24.0 Å². The first-order valence-corrected chi connectivity index (χ1v) is 12.6. The van der Waals surface area contributed by atoms with Gasteiger partial charge in [0.25, 0.3) is 0 Å². The molecule has 31 heavy (non-hydrogen) atoms. The Morgan fingerprint density at radius 2 is 1.94 bits per heavy atom. The van der Waals surface area contributed by atoms with Gasteiger partial charge in [-0.2, -0.15) is 9.97 Å². The topological polar surface area (TPSA) is 146 Å². The summed E-state index contributed by atoms with van der Waals surface area (Å²) in [5.74, 6) is 0.109. The molecular formula is C19H29ClN5O5P. The Kier molecular flexibility index (Phi) is 5.86. The fourth-order valence-electron chi connectivity index (χ4n) is 4.96. The second kappa shape index (κ2) is 7.93. The van der Waals surface area contributed by atoms with Crippen LogP contribution in [0.3, 0.4) is 0 Å². The van der Waals surface area contributed by atoms with Crippen LogP contribution in [0.1, 0.15) is 46.6 Å². The third-order valence-electron chi connectivity index (χ3n) is 6.19. The van der Waals surface area contributed by atoms with Gasteiger partial charge in [0.05, 0.1) is 36.8 Å². The summed E-state index contributed by atoms with van der Waals surface area (Å²) in [6, 6.07) is -0.457. The molecule has 2 aromatic rings. The number of nitrogens with two attached hydrogens (primary N) is 1. The molecule has 12 heteroatoms. The van der Waals surface area contributed by atoms with Crippen molar-refractivity contribution in [2.75, 3.05) is 11.9 Å². The smallest absolute Gasteiger partial charge is 0.331 e. The molecule has 2 aromatic heterocycles. The van der Waals surface area contributed by atoms with Gasteiger partial charge in [0.2, 0.25) is 5.28 Å². The molecule has 0 spiro atoms. The Bertz CT molecular complexity index is 1020. The number of aromatic nitrogens is 4. The maximum Gasteiger partial charge on any atom is 0.331 e. The molecule has 0 aromatic carbocycles. The number of hydrogen-bond donors (Lipinski definition) is 3. The zero-order valence-corrected chi connectivity index (χ0v) is 19.6. The van der Waals surface area contributed by atoms with E-state index in [-0.39, 0.29) is 35.4 Å². The molecule has 5 atom stereocenters. The minimum Gasteiger partial charge on any atom is -0.390 e. The maximum absolute atomic E-state index is 13.3. The first kappa shape index (κ1) is 22.9. The van der Waals surface area contributed by atoms with Crippen LogP contribution in [0, 0.1) is 11.3 Å². The van der Waals surface area contributed by atoms with Gasteiger partial charge in [0.15, 0.2) is 11.5 Å². The Morgan fingerprint density at radius 3 is 2.55 bits per heavy atom. The van der Waals surface area contributed by atoms with Crippen LogP contribution in [0.4, 0.5) is 5.82 Å². The summed E-state index contributed by atoms with van der Waals surface area (Å²) in [6.07, 6.45) is 0.259. The molecule has 0 amide bonds. The van der Waals surface area contributed by atoms with Crippen LogP contribution >= 0.6 is 19.2 Å². The average molecular weight is 474 g/mol. The molecule has 0 bridgehead atoms. The van der Waals surface area contributed by atoms with Crippen molar-refractivity contribution in [3.63, 3.8) is 0 Å². The lowest BCUT2D eigenvalue weighted by Gasteiger charge is -2.27. The lowest BCUT2D eigenvalue weighted by molar-refractivity contribution is -0.0185. The number of nitrogens with zero attached hydrogens (tertiary/aromatic N) is 4. The van der Waals surface area contributed by atoms with E-state index in [0.717, 1.165) is 0 Å². The third-order valence-corrected chi connectivity index (χ3v) is 8.62. The van der Waals surface area contributed by atoms with E-state index in [1.165, 1.54) is 6.33 Å². The molecule has 2 heterocycles. The summed E-state index contributed by atoms with van der Waals surface area (Å²) < 4.78 is 26.3. The summed E-state index contributed by atoms with van der Waals surface area (Å²) >= 11 is 5.97. The Morgan fingerprint density at radius 1 is 1.29 bits per heavy atom. The van der Waals surface area contributed by atoms with E-state index in [9.17, 15) is 14.8 Å². The maximum atomic E-state index is 13.3. The fraction of sp³-hybridized carbons (Fsp3) is 0.737. The van der Waals surface area contributed by atoms with Gasteiger partial charge in [-0.1, -0.05) is 0 Å². The highest BCUT2D eigenvalue weighted by Gasteiger charge is 2.71. The minimum absolute atomic E-state index is 0.0144. The van der Waals surface area contributed by atoms with E-state index in [4.69, 9.17) is 26.4 Å². The van der Waals surface area contributed by atoms with Crippen LogP contribution in [0.15, 0.2) is 6.33 Å². The van der Waals surface area contributed by atoms with E-state index in [1.807, 2.05) is 27.7 Å². The van der Waals surface area contributed by atoms with Crippen molar-refractivity contribution in [2.45, 2.75) is 71.0 Å². The SMILES string of the molecule is CC(C)OP(=O)(CC[C@]12C[C@@H]1[C@@H](n1cnc3c(N)nc(Cl)nc31)[C@H](O)[C@@H]2O)OC(C)C. The second-order valence-electron chi connectivity index (χ2n) is 9.06. The largest absolute Gasteiger partial charge is 0.390 e. The number of aliphatic hydroxyl groups is 2. The van der Waals surface area contributed by atoms with E-state index >= 15 is 0 Å². The van der Waals surface area contributed by atoms with Gasteiger partial charge in [-0.15, -0.1) is 0 Å². The standard InChI is InChI=1S/C19H29ClN5O5P/c1-9(2)29-31(28,30-10(3)4)6-5-19-7-11(19)13(14(26)15(19)27)25-8-22-12-16(21)23-18(20)24-17(12)25/h8-11,13-15,26-27H,5-7H2,1-4H3,(H2,21,23,24)/t11-,13-,14+,15+,19+/m1/s1. The molecule has 10 nitrogen and oxygen atoms in total. The van der Waals surface area contributed by atoms with Crippen molar-refractivity contribution in [2.24, 2.45) is 11.3 Å². The monoisotopic (exact) mass is 473 g/mol. The van der Waals surface area contributed by atoms with Crippen molar-refractivity contribution in [1.29, 1.82) is 0 Å². The molecular weight excluding hydrogens is 445 g/mol. The Balaban J connectivity index is 1.59. The van der Waals surface area contributed by atoms with Crippen molar-refractivity contribution in [3.8, 4) is 0 Å². The van der Waals surface area contributed by atoms with Gasteiger partial charge in [-0.05, 0) is 58.1 Å². The number of aliphatic hydroxyl groups excluding tert-OH is 2. The normalized spacial score (nSPS) is 30.5. The lowest BCUT2D eigenvalue weighted by atomic mass is 9.96. The quantitative estimate of drug-likeness (QED) is 0.389. The molecule has 0 aliphatic heterocycles. The molecule has 4 N–H and O–H groups in total. The molecule has 0 saturated heterocycles. The summed E-state index contributed by atoms with van der Waals surface area (Å²) in [4.78, 5) is 12.4. The minimum atomic E-state index is -3.34. The molecule has 0 unspecified atom stereocenters. The summed E-state index contributed by atoms with van der Waals surface area (Å²) in [6.45, 7) is 7.23. The first-order chi connectivity index (χ1) is 14.5. The third kappa shape index (κ3) is 3.98. The summed E-state index contributed by atoms with van der Waals surface area (Å²) in [5.41, 5.74) is 6.13. The lowest BCUT2D eigenvalue weighted by Crippen LogP contribution is -2.34. The van der Waals surface area contributed by atoms with E-state index < -0.39 is 31.3 Å². The zero-order valence-electron chi connectivity index (χ0n) is 18.0. The van der Waals surface area contributed by atoms with Gasteiger partial charge < -0.3 is 29.6 Å². The predicted octanol–water partition coefficient (Wildman–Crippen LogP) is 2.78. The second-order valence-corrected chi connectivity index (χ2v) is 11.5. The molecule has 2 fully saturated rings. The van der Waals surface area contributed by atoms with Crippen molar-refractivity contribution >= 4 is 36.2 Å². The Hall–Kier alpha value is -1.29. The fourth-order valence-corrected chi connectivity index (χ4v) is 7.36. The van der Waals surface area contributed by atoms with Gasteiger partial charge in [-0.25, -0.2) is 4.98 Å². The molecule has 2 aliphatic carbocycles. The Labute approximate surface area is 185 Å². The predicted molar refractivity (Wildman–Crippen MR) is 116 cm³/mol. The van der Waals surface area contributed by atoms with Crippen LogP contribution in [0.5, 0.6) is 0 Å². The van der Waals surface area contributed by atoms with Gasteiger partial charge in [-0.3, -0.25) is 4.57 Å². The molecule has 172 valence electrons. The number of rotatable bonds is 8. The zero-order chi connectivity index (χ0) is 22.7.